The highest BCUT2D eigenvalue weighted by Gasteiger charge is 2.15. The fraction of sp³-hybridized carbons (Fsp3) is 0.462. The number of pyridine rings is 1. The number of nitrogens with zero attached hydrogens (tertiary/aromatic N) is 2. The molecule has 0 bridgehead atoms. The molecule has 2 amide bonds. The Hall–Kier alpha value is -1.91. The number of hydrogen-bond donors (Lipinski definition) is 1. The van der Waals surface area contributed by atoms with E-state index >= 15 is 0 Å². The van der Waals surface area contributed by atoms with Crippen molar-refractivity contribution in [1.82, 2.24) is 4.90 Å². The Morgan fingerprint density at radius 2 is 2.00 bits per heavy atom. The van der Waals surface area contributed by atoms with Crippen molar-refractivity contribution in [2.45, 2.75) is 26.8 Å². The molecule has 0 saturated carbocycles. The minimum absolute atomic E-state index is 0.00780. The van der Waals surface area contributed by atoms with E-state index in [2.05, 4.69) is 0 Å². The van der Waals surface area contributed by atoms with E-state index in [1.54, 1.807) is 23.2 Å². The predicted octanol–water partition coefficient (Wildman–Crippen LogP) is 0.332. The van der Waals surface area contributed by atoms with Gasteiger partial charge in [-0.2, -0.15) is 0 Å². The summed E-state index contributed by atoms with van der Waals surface area (Å²) in [6.07, 6.45) is 3.85. The molecule has 0 aromatic carbocycles. The standard InChI is InChI=1S/C13H19N3O2/c1-3-16(4-2)13(18)11-6-5-8-15(10-11)9-7-12(14)17/h5-6,8,10H,3-4,7,9H2,1-2H3,(H-,14,17)/p+1. The molecule has 0 atom stereocenters. The SMILES string of the molecule is CCN(CC)C(=O)c1ccc[n+](CCC(N)=O)c1. The molecule has 1 heterocycles. The van der Waals surface area contributed by atoms with Crippen LogP contribution in [0.2, 0.25) is 0 Å². The van der Waals surface area contributed by atoms with Gasteiger partial charge in [-0.3, -0.25) is 9.59 Å². The van der Waals surface area contributed by atoms with Crippen molar-refractivity contribution in [3.63, 3.8) is 0 Å². The van der Waals surface area contributed by atoms with Crippen molar-refractivity contribution in [3.8, 4) is 0 Å². The van der Waals surface area contributed by atoms with E-state index < -0.39 is 0 Å². The molecule has 1 aromatic rings. The molecule has 0 fully saturated rings. The minimum Gasteiger partial charge on any atom is -0.369 e. The number of rotatable bonds is 6. The van der Waals surface area contributed by atoms with Crippen LogP contribution in [-0.2, 0) is 11.3 Å². The molecule has 5 heteroatoms. The average molecular weight is 250 g/mol. The third kappa shape index (κ3) is 3.84. The Morgan fingerprint density at radius 1 is 1.33 bits per heavy atom. The molecular weight excluding hydrogens is 230 g/mol. The van der Waals surface area contributed by atoms with Crippen LogP contribution in [-0.4, -0.2) is 29.8 Å². The van der Waals surface area contributed by atoms with Crippen LogP contribution < -0.4 is 10.3 Å². The molecule has 18 heavy (non-hydrogen) atoms. The number of primary amides is 1. The fourth-order valence-corrected chi connectivity index (χ4v) is 1.72. The smallest absolute Gasteiger partial charge is 0.259 e. The summed E-state index contributed by atoms with van der Waals surface area (Å²) in [6, 6.07) is 3.58. The van der Waals surface area contributed by atoms with Gasteiger partial charge in [0.05, 0.1) is 6.42 Å². The lowest BCUT2D eigenvalue weighted by Gasteiger charge is -2.17. The van der Waals surface area contributed by atoms with Gasteiger partial charge in [0.25, 0.3) is 5.91 Å². The highest BCUT2D eigenvalue weighted by Crippen LogP contribution is 2.02. The summed E-state index contributed by atoms with van der Waals surface area (Å²) in [5.41, 5.74) is 5.73. The lowest BCUT2D eigenvalue weighted by atomic mass is 10.2. The first-order valence-corrected chi connectivity index (χ1v) is 6.15. The van der Waals surface area contributed by atoms with E-state index in [0.29, 0.717) is 25.2 Å². The maximum Gasteiger partial charge on any atom is 0.259 e. The van der Waals surface area contributed by atoms with Gasteiger partial charge in [-0.05, 0) is 19.9 Å². The molecule has 0 radical (unpaired) electrons. The van der Waals surface area contributed by atoms with Gasteiger partial charge < -0.3 is 10.6 Å². The van der Waals surface area contributed by atoms with E-state index in [1.165, 1.54) is 0 Å². The second-order valence-electron chi connectivity index (χ2n) is 4.02. The van der Waals surface area contributed by atoms with Crippen molar-refractivity contribution in [1.29, 1.82) is 0 Å². The van der Waals surface area contributed by atoms with Crippen molar-refractivity contribution < 1.29 is 14.2 Å². The Labute approximate surface area is 107 Å². The summed E-state index contributed by atoms with van der Waals surface area (Å²) in [7, 11) is 0. The summed E-state index contributed by atoms with van der Waals surface area (Å²) in [5, 5.41) is 0. The average Bonchev–Trinajstić information content (AvgIpc) is 2.38. The normalized spacial score (nSPS) is 10.1. The van der Waals surface area contributed by atoms with E-state index in [-0.39, 0.29) is 18.2 Å². The number of carbonyl (C=O) groups is 2. The molecule has 0 aliphatic heterocycles. The van der Waals surface area contributed by atoms with Crippen molar-refractivity contribution in [2.75, 3.05) is 13.1 Å². The van der Waals surface area contributed by atoms with Crippen LogP contribution in [0.5, 0.6) is 0 Å². The van der Waals surface area contributed by atoms with E-state index in [1.807, 2.05) is 24.6 Å². The van der Waals surface area contributed by atoms with Crippen LogP contribution >= 0.6 is 0 Å². The first-order valence-electron chi connectivity index (χ1n) is 6.15. The first kappa shape index (κ1) is 14.2. The molecule has 0 spiro atoms. The predicted molar refractivity (Wildman–Crippen MR) is 67.7 cm³/mol. The van der Waals surface area contributed by atoms with E-state index in [0.717, 1.165) is 0 Å². The number of aromatic nitrogens is 1. The molecule has 5 nitrogen and oxygen atoms in total. The maximum atomic E-state index is 12.1. The molecule has 1 aromatic heterocycles. The van der Waals surface area contributed by atoms with Gasteiger partial charge in [-0.1, -0.05) is 0 Å². The molecule has 0 aliphatic carbocycles. The largest absolute Gasteiger partial charge is 0.369 e. The number of amides is 2. The van der Waals surface area contributed by atoms with E-state index in [4.69, 9.17) is 5.73 Å². The fourth-order valence-electron chi connectivity index (χ4n) is 1.72. The third-order valence-corrected chi connectivity index (χ3v) is 2.77. The molecular formula is C13H20N3O2+. The van der Waals surface area contributed by atoms with Crippen molar-refractivity contribution in [2.24, 2.45) is 5.73 Å². The van der Waals surface area contributed by atoms with Gasteiger partial charge in [-0.25, -0.2) is 4.57 Å². The van der Waals surface area contributed by atoms with Crippen molar-refractivity contribution in [3.05, 3.63) is 30.1 Å². The summed E-state index contributed by atoms with van der Waals surface area (Å²) in [4.78, 5) is 24.6. The van der Waals surface area contributed by atoms with Crippen LogP contribution in [0.15, 0.2) is 24.5 Å². The maximum absolute atomic E-state index is 12.1. The second kappa shape index (κ2) is 6.74. The lowest BCUT2D eigenvalue weighted by Crippen LogP contribution is -2.38. The number of carbonyl (C=O) groups excluding carboxylic acids is 2. The Balaban J connectivity index is 2.81. The molecule has 0 saturated heterocycles. The third-order valence-electron chi connectivity index (χ3n) is 2.77. The Bertz CT molecular complexity index is 428. The van der Waals surface area contributed by atoms with Gasteiger partial charge in [0.2, 0.25) is 5.91 Å². The molecule has 98 valence electrons. The highest BCUT2D eigenvalue weighted by atomic mass is 16.2. The topological polar surface area (TPSA) is 67.3 Å². The molecule has 2 N–H and O–H groups in total. The van der Waals surface area contributed by atoms with Crippen LogP contribution in [0.4, 0.5) is 0 Å². The summed E-state index contributed by atoms with van der Waals surface area (Å²) in [5.74, 6) is -0.337. The zero-order chi connectivity index (χ0) is 13.5. The quantitative estimate of drug-likeness (QED) is 0.739. The summed E-state index contributed by atoms with van der Waals surface area (Å²) < 4.78 is 1.81. The van der Waals surface area contributed by atoms with Crippen LogP contribution in [0.1, 0.15) is 30.6 Å². The highest BCUT2D eigenvalue weighted by molar-refractivity contribution is 5.93. The van der Waals surface area contributed by atoms with Gasteiger partial charge in [0, 0.05) is 19.2 Å². The van der Waals surface area contributed by atoms with Gasteiger partial charge in [0.1, 0.15) is 5.56 Å². The number of nitrogens with two attached hydrogens (primary N) is 1. The molecule has 0 aliphatic rings. The monoisotopic (exact) mass is 250 g/mol. The van der Waals surface area contributed by atoms with E-state index in [9.17, 15) is 9.59 Å². The first-order chi connectivity index (χ1) is 8.58. The second-order valence-corrected chi connectivity index (χ2v) is 4.02. The molecule has 0 unspecified atom stereocenters. The van der Waals surface area contributed by atoms with Crippen LogP contribution in [0, 0.1) is 0 Å². The van der Waals surface area contributed by atoms with Gasteiger partial charge in [0.15, 0.2) is 18.9 Å². The Kier molecular flexibility index (Phi) is 5.30. The Morgan fingerprint density at radius 3 is 2.56 bits per heavy atom. The van der Waals surface area contributed by atoms with Gasteiger partial charge in [-0.15, -0.1) is 0 Å². The zero-order valence-electron chi connectivity index (χ0n) is 10.9. The lowest BCUT2D eigenvalue weighted by molar-refractivity contribution is -0.695. The van der Waals surface area contributed by atoms with Crippen molar-refractivity contribution >= 4 is 11.8 Å². The number of hydrogen-bond acceptors (Lipinski definition) is 2. The number of aryl methyl sites for hydroxylation is 1. The van der Waals surface area contributed by atoms with Gasteiger partial charge >= 0.3 is 0 Å². The molecule has 1 rings (SSSR count). The van der Waals surface area contributed by atoms with Crippen LogP contribution in [0.25, 0.3) is 0 Å². The summed E-state index contributed by atoms with van der Waals surface area (Å²) in [6.45, 7) is 5.77. The summed E-state index contributed by atoms with van der Waals surface area (Å²) >= 11 is 0. The zero-order valence-corrected chi connectivity index (χ0v) is 10.9. The van der Waals surface area contributed by atoms with Crippen LogP contribution in [0.3, 0.4) is 0 Å². The minimum atomic E-state index is -0.344.